The van der Waals surface area contributed by atoms with E-state index >= 15 is 0 Å². The fraction of sp³-hybridized carbons (Fsp3) is 0.500. The second-order valence-electron chi connectivity index (χ2n) is 10.3. The zero-order chi connectivity index (χ0) is 29.0. The molecule has 2 aromatic rings. The van der Waals surface area contributed by atoms with E-state index in [1.165, 1.54) is 12.1 Å². The van der Waals surface area contributed by atoms with Gasteiger partial charge in [0.2, 0.25) is 11.8 Å². The predicted octanol–water partition coefficient (Wildman–Crippen LogP) is 6.82. The molecule has 0 aromatic heterocycles. The van der Waals surface area contributed by atoms with E-state index in [9.17, 15) is 31.9 Å². The first-order valence-corrected chi connectivity index (χ1v) is 13.6. The summed E-state index contributed by atoms with van der Waals surface area (Å²) < 4.78 is 53.8. The number of rotatable bonds is 8. The summed E-state index contributed by atoms with van der Waals surface area (Å²) in [6.45, 7) is 8.20. The SMILES string of the molecule is CC.CC.O=C1CC(=O)N(CC2(Cc3ccc(F)c(F)c3)CC2)C(=O)N1CC1(Cc2ccc(F)c(F)c2)CC1. The molecular formula is C30H36F4N2O3. The number of carbonyl (C=O) groups is 3. The van der Waals surface area contributed by atoms with Crippen LogP contribution < -0.4 is 0 Å². The Kier molecular flexibility index (Phi) is 9.56. The van der Waals surface area contributed by atoms with Gasteiger partial charge in [0, 0.05) is 13.1 Å². The molecule has 3 fully saturated rings. The van der Waals surface area contributed by atoms with Crippen LogP contribution in [0.3, 0.4) is 0 Å². The molecule has 0 bridgehead atoms. The number of urea groups is 1. The number of barbiturate groups is 1. The average molecular weight is 549 g/mol. The first-order valence-electron chi connectivity index (χ1n) is 13.6. The molecule has 0 spiro atoms. The Morgan fingerprint density at radius 3 is 1.28 bits per heavy atom. The van der Waals surface area contributed by atoms with Crippen molar-refractivity contribution in [2.75, 3.05) is 13.1 Å². The van der Waals surface area contributed by atoms with E-state index in [2.05, 4.69) is 0 Å². The Morgan fingerprint density at radius 2 is 0.974 bits per heavy atom. The molecule has 5 rings (SSSR count). The summed E-state index contributed by atoms with van der Waals surface area (Å²) in [5.41, 5.74) is 0.305. The van der Waals surface area contributed by atoms with E-state index in [-0.39, 0.29) is 13.1 Å². The second-order valence-corrected chi connectivity index (χ2v) is 10.3. The minimum atomic E-state index is -0.948. The fourth-order valence-electron chi connectivity index (χ4n) is 4.96. The summed E-state index contributed by atoms with van der Waals surface area (Å²) in [6.07, 6.45) is 3.22. The Morgan fingerprint density at radius 1 is 0.615 bits per heavy atom. The average Bonchev–Trinajstić information content (AvgIpc) is 3.85. The number of carbonyl (C=O) groups excluding carboxylic acids is 3. The third kappa shape index (κ3) is 7.05. The third-order valence-corrected chi connectivity index (χ3v) is 7.39. The van der Waals surface area contributed by atoms with Gasteiger partial charge in [-0.25, -0.2) is 22.4 Å². The molecule has 1 heterocycles. The molecule has 2 aliphatic carbocycles. The number of halogens is 4. The van der Waals surface area contributed by atoms with Crippen LogP contribution in [0.15, 0.2) is 36.4 Å². The highest BCUT2D eigenvalue weighted by Crippen LogP contribution is 2.51. The topological polar surface area (TPSA) is 57.7 Å². The quantitative estimate of drug-likeness (QED) is 0.269. The largest absolute Gasteiger partial charge is 0.333 e. The fourth-order valence-corrected chi connectivity index (χ4v) is 4.96. The number of nitrogens with zero attached hydrogens (tertiary/aromatic N) is 2. The van der Waals surface area contributed by atoms with E-state index in [1.807, 2.05) is 27.7 Å². The highest BCUT2D eigenvalue weighted by Gasteiger charge is 2.52. The Bertz CT molecular complexity index is 1130. The standard InChI is InChI=1S/C26H24F4N2O3.2C2H6/c27-18-3-1-16(9-20(18)29)12-25(5-6-25)14-31-22(33)11-23(34)32(24(31)35)15-26(7-8-26)13-17-2-4-19(28)21(30)10-17;2*1-2/h1-4,9-10H,5-8,11-15H2;2*1-2H3. The molecule has 0 unspecified atom stereocenters. The van der Waals surface area contributed by atoms with Crippen molar-refractivity contribution >= 4 is 17.8 Å². The lowest BCUT2D eigenvalue weighted by Crippen LogP contribution is -2.57. The smallest absolute Gasteiger partial charge is 0.274 e. The Labute approximate surface area is 227 Å². The van der Waals surface area contributed by atoms with Crippen molar-refractivity contribution in [3.05, 3.63) is 70.8 Å². The molecule has 1 aliphatic heterocycles. The first kappa shape index (κ1) is 30.3. The van der Waals surface area contributed by atoms with Gasteiger partial charge in [-0.15, -0.1) is 0 Å². The van der Waals surface area contributed by atoms with Crippen LogP contribution in [0.1, 0.15) is 70.9 Å². The van der Waals surface area contributed by atoms with Crippen molar-refractivity contribution in [3.63, 3.8) is 0 Å². The molecule has 9 heteroatoms. The molecule has 0 radical (unpaired) electrons. The van der Waals surface area contributed by atoms with E-state index < -0.39 is 58.4 Å². The molecule has 4 amide bonds. The lowest BCUT2D eigenvalue weighted by Gasteiger charge is -2.36. The number of hydrogen-bond donors (Lipinski definition) is 0. The van der Waals surface area contributed by atoms with Crippen molar-refractivity contribution in [1.29, 1.82) is 0 Å². The van der Waals surface area contributed by atoms with Gasteiger partial charge in [0.15, 0.2) is 23.3 Å². The Balaban J connectivity index is 0.00000100. The van der Waals surface area contributed by atoms with E-state index in [1.54, 1.807) is 0 Å². The maximum absolute atomic E-state index is 13.6. The van der Waals surface area contributed by atoms with Crippen LogP contribution in [0.2, 0.25) is 0 Å². The monoisotopic (exact) mass is 548 g/mol. The van der Waals surface area contributed by atoms with E-state index in [4.69, 9.17) is 0 Å². The van der Waals surface area contributed by atoms with Crippen LogP contribution in [0, 0.1) is 34.1 Å². The summed E-state index contributed by atoms with van der Waals surface area (Å²) in [4.78, 5) is 40.7. The molecule has 3 aliphatic rings. The van der Waals surface area contributed by atoms with Crippen molar-refractivity contribution in [3.8, 4) is 0 Å². The van der Waals surface area contributed by atoms with E-state index in [0.717, 1.165) is 59.7 Å². The molecule has 0 N–H and O–H groups in total. The van der Waals surface area contributed by atoms with Gasteiger partial charge in [0.25, 0.3) is 0 Å². The van der Waals surface area contributed by atoms with Crippen LogP contribution in [-0.2, 0) is 22.4 Å². The van der Waals surface area contributed by atoms with Gasteiger partial charge in [-0.05, 0) is 84.7 Å². The maximum atomic E-state index is 13.6. The number of amides is 4. The van der Waals surface area contributed by atoms with Crippen molar-refractivity contribution in [2.24, 2.45) is 10.8 Å². The van der Waals surface area contributed by atoms with Gasteiger partial charge in [0.1, 0.15) is 6.42 Å². The number of benzene rings is 2. The summed E-state index contributed by atoms with van der Waals surface area (Å²) in [5.74, 6) is -4.92. The third-order valence-electron chi connectivity index (χ3n) is 7.39. The molecule has 212 valence electrons. The Hall–Kier alpha value is -3.23. The predicted molar refractivity (Wildman–Crippen MR) is 140 cm³/mol. The van der Waals surface area contributed by atoms with Gasteiger partial charge in [-0.2, -0.15) is 0 Å². The van der Waals surface area contributed by atoms with Crippen LogP contribution in [0.5, 0.6) is 0 Å². The van der Waals surface area contributed by atoms with Crippen LogP contribution in [-0.4, -0.2) is 40.7 Å². The van der Waals surface area contributed by atoms with Crippen LogP contribution >= 0.6 is 0 Å². The molecule has 5 nitrogen and oxygen atoms in total. The molecular weight excluding hydrogens is 512 g/mol. The number of imide groups is 2. The normalized spacial score (nSPS) is 18.6. The van der Waals surface area contributed by atoms with Gasteiger partial charge in [-0.3, -0.25) is 19.4 Å². The van der Waals surface area contributed by atoms with Gasteiger partial charge >= 0.3 is 6.03 Å². The summed E-state index contributed by atoms with van der Waals surface area (Å²) >= 11 is 0. The number of hydrogen-bond acceptors (Lipinski definition) is 3. The summed E-state index contributed by atoms with van der Waals surface area (Å²) in [7, 11) is 0. The van der Waals surface area contributed by atoms with Crippen LogP contribution in [0.25, 0.3) is 0 Å². The van der Waals surface area contributed by atoms with Crippen molar-refractivity contribution in [2.45, 2.75) is 72.6 Å². The minimum absolute atomic E-state index is 0.101. The van der Waals surface area contributed by atoms with Gasteiger partial charge < -0.3 is 0 Å². The second kappa shape index (κ2) is 12.3. The lowest BCUT2D eigenvalue weighted by atomic mass is 9.94. The van der Waals surface area contributed by atoms with Crippen LogP contribution in [0.4, 0.5) is 22.4 Å². The zero-order valence-electron chi connectivity index (χ0n) is 23.0. The highest BCUT2D eigenvalue weighted by atomic mass is 19.2. The summed E-state index contributed by atoms with van der Waals surface area (Å²) in [5, 5.41) is 0. The molecule has 39 heavy (non-hydrogen) atoms. The molecule has 0 atom stereocenters. The van der Waals surface area contributed by atoms with Gasteiger partial charge in [0.05, 0.1) is 0 Å². The maximum Gasteiger partial charge on any atom is 0.333 e. The van der Waals surface area contributed by atoms with Crippen molar-refractivity contribution < 1.29 is 31.9 Å². The molecule has 2 aromatic carbocycles. The van der Waals surface area contributed by atoms with Crippen molar-refractivity contribution in [1.82, 2.24) is 9.80 Å². The summed E-state index contributed by atoms with van der Waals surface area (Å²) in [6, 6.07) is 6.66. The van der Waals surface area contributed by atoms with E-state index in [0.29, 0.717) is 24.0 Å². The molecule has 2 saturated carbocycles. The lowest BCUT2D eigenvalue weighted by molar-refractivity contribution is -0.143. The molecule has 1 saturated heterocycles. The van der Waals surface area contributed by atoms with Gasteiger partial charge in [-0.1, -0.05) is 39.8 Å². The first-order chi connectivity index (χ1) is 18.6. The highest BCUT2D eigenvalue weighted by molar-refractivity contribution is 6.14. The minimum Gasteiger partial charge on any atom is -0.274 e. The zero-order valence-corrected chi connectivity index (χ0v) is 23.0.